The summed E-state index contributed by atoms with van der Waals surface area (Å²) in [6.45, 7) is 0. The summed E-state index contributed by atoms with van der Waals surface area (Å²) in [4.78, 5) is 16.0. The van der Waals surface area contributed by atoms with Crippen LogP contribution in [0.3, 0.4) is 0 Å². The fourth-order valence-electron chi connectivity index (χ4n) is 3.06. The van der Waals surface area contributed by atoms with Crippen molar-refractivity contribution in [2.45, 2.75) is 18.6 Å². The molecule has 158 valence electrons. The van der Waals surface area contributed by atoms with Gasteiger partial charge in [0.25, 0.3) is 0 Å². The highest BCUT2D eigenvalue weighted by Gasteiger charge is 2.36. The summed E-state index contributed by atoms with van der Waals surface area (Å²) in [5.41, 5.74) is 1.10. The van der Waals surface area contributed by atoms with Gasteiger partial charge in [-0.3, -0.25) is 0 Å². The van der Waals surface area contributed by atoms with Gasteiger partial charge in [-0.05, 0) is 48.2 Å². The molecule has 0 bridgehead atoms. The third-order valence-electron chi connectivity index (χ3n) is 4.68. The lowest BCUT2D eigenvalue weighted by atomic mass is 10.0. The minimum Gasteiger partial charge on any atom is -0.503 e. The van der Waals surface area contributed by atoms with Gasteiger partial charge in [0.05, 0.1) is 31.9 Å². The van der Waals surface area contributed by atoms with E-state index in [1.54, 1.807) is 55.6 Å². The van der Waals surface area contributed by atoms with E-state index in [1.807, 2.05) is 0 Å². The van der Waals surface area contributed by atoms with Gasteiger partial charge in [-0.15, -0.1) is 0 Å². The zero-order valence-corrected chi connectivity index (χ0v) is 17.6. The van der Waals surface area contributed by atoms with Gasteiger partial charge in [0.1, 0.15) is 16.4 Å². The molecule has 0 atom stereocenters. The van der Waals surface area contributed by atoms with E-state index >= 15 is 0 Å². The number of carboxylic acids is 1. The summed E-state index contributed by atoms with van der Waals surface area (Å²) in [5.74, 6) is -0.998. The average Bonchev–Trinajstić information content (AvgIpc) is 3.56. The Bertz CT molecular complexity index is 1080. The number of methoxy groups -OCH3 is 2. The van der Waals surface area contributed by atoms with Crippen molar-refractivity contribution in [2.24, 2.45) is 10.9 Å². The lowest BCUT2D eigenvalue weighted by molar-refractivity contribution is -0.130. The second-order valence-corrected chi connectivity index (χ2v) is 8.85. The van der Waals surface area contributed by atoms with Gasteiger partial charge in [-0.1, -0.05) is 24.3 Å². The van der Waals surface area contributed by atoms with Crippen molar-refractivity contribution in [1.82, 2.24) is 0 Å². The monoisotopic (exact) mass is 429 g/mol. The quantitative estimate of drug-likeness (QED) is 0.296. The number of ether oxygens (including phenoxy) is 2. The van der Waals surface area contributed by atoms with Crippen molar-refractivity contribution in [3.63, 3.8) is 0 Å². The van der Waals surface area contributed by atoms with E-state index in [-0.39, 0.29) is 22.3 Å². The molecule has 30 heavy (non-hydrogen) atoms. The van der Waals surface area contributed by atoms with Crippen LogP contribution in [-0.2, 0) is 25.1 Å². The molecule has 0 aliphatic heterocycles. The fourth-order valence-corrected chi connectivity index (χ4v) is 4.86. The third kappa shape index (κ3) is 5.07. The van der Waals surface area contributed by atoms with E-state index in [0.29, 0.717) is 22.6 Å². The predicted molar refractivity (Wildman–Crippen MR) is 115 cm³/mol. The second kappa shape index (κ2) is 9.13. The van der Waals surface area contributed by atoms with Crippen molar-refractivity contribution in [1.29, 1.82) is 0 Å². The Labute approximate surface area is 175 Å². The van der Waals surface area contributed by atoms with Crippen LogP contribution in [0.15, 0.2) is 59.8 Å². The Kier molecular flexibility index (Phi) is 6.56. The molecule has 0 saturated heterocycles. The van der Waals surface area contributed by atoms with Gasteiger partial charge in [-0.2, -0.15) is 0 Å². The fraction of sp³-hybridized carbons (Fsp3) is 0.273. The smallest absolute Gasteiger partial charge is 0.339 e. The van der Waals surface area contributed by atoms with Crippen molar-refractivity contribution in [2.75, 3.05) is 14.2 Å². The van der Waals surface area contributed by atoms with Crippen LogP contribution in [-0.4, -0.2) is 38.8 Å². The molecule has 2 aromatic carbocycles. The number of carbonyl (C=O) groups is 1. The Morgan fingerprint density at radius 1 is 1.13 bits per heavy atom. The van der Waals surface area contributed by atoms with Crippen LogP contribution in [0.2, 0.25) is 0 Å². The zero-order chi connectivity index (χ0) is 21.7. The SMILES string of the molecule is COC=C(C(=O)O)c1ccccc1CS(=O)(=O)C(=Nc1ccc(OC)cc1)C1CC1. The number of nitrogens with zero attached hydrogens (tertiary/aromatic N) is 1. The van der Waals surface area contributed by atoms with Crippen LogP contribution >= 0.6 is 0 Å². The number of hydrogen-bond donors (Lipinski definition) is 1. The molecule has 3 rings (SSSR count). The number of aliphatic imine (C=N–C) groups is 1. The summed E-state index contributed by atoms with van der Waals surface area (Å²) < 4.78 is 36.5. The molecular weight excluding hydrogens is 406 g/mol. The molecule has 0 amide bonds. The van der Waals surface area contributed by atoms with Gasteiger partial charge < -0.3 is 14.6 Å². The maximum Gasteiger partial charge on any atom is 0.339 e. The molecule has 7 nitrogen and oxygen atoms in total. The van der Waals surface area contributed by atoms with Crippen molar-refractivity contribution < 1.29 is 27.8 Å². The zero-order valence-electron chi connectivity index (χ0n) is 16.7. The Morgan fingerprint density at radius 3 is 2.37 bits per heavy atom. The molecule has 1 aliphatic rings. The molecule has 0 radical (unpaired) electrons. The molecular formula is C22H23NO6S. The predicted octanol–water partition coefficient (Wildman–Crippen LogP) is 3.82. The minimum absolute atomic E-state index is 0.108. The normalized spacial score (nSPS) is 15.0. The van der Waals surface area contributed by atoms with Crippen LogP contribution < -0.4 is 4.74 Å². The number of hydrogen-bond acceptors (Lipinski definition) is 6. The van der Waals surface area contributed by atoms with Gasteiger partial charge in [0, 0.05) is 5.92 Å². The van der Waals surface area contributed by atoms with Crippen LogP contribution in [0.1, 0.15) is 24.0 Å². The highest BCUT2D eigenvalue weighted by atomic mass is 32.2. The molecule has 1 N–H and O–H groups in total. The summed E-state index contributed by atoms with van der Waals surface area (Å²) in [6.07, 6.45) is 2.63. The molecule has 1 aliphatic carbocycles. The lowest BCUT2D eigenvalue weighted by Gasteiger charge is -2.12. The first-order valence-electron chi connectivity index (χ1n) is 9.35. The summed E-state index contributed by atoms with van der Waals surface area (Å²) in [6, 6.07) is 13.4. The topological polar surface area (TPSA) is 102 Å². The molecule has 0 aromatic heterocycles. The van der Waals surface area contributed by atoms with E-state index in [4.69, 9.17) is 9.47 Å². The van der Waals surface area contributed by atoms with E-state index in [0.717, 1.165) is 19.1 Å². The Morgan fingerprint density at radius 2 is 1.80 bits per heavy atom. The van der Waals surface area contributed by atoms with Crippen LogP contribution in [0.4, 0.5) is 5.69 Å². The van der Waals surface area contributed by atoms with Gasteiger partial charge >= 0.3 is 5.97 Å². The first kappa shape index (κ1) is 21.6. The number of rotatable bonds is 8. The molecule has 0 unspecified atom stereocenters. The number of carboxylic acid groups (broad SMARTS) is 1. The van der Waals surface area contributed by atoms with Crippen molar-refractivity contribution in [3.8, 4) is 5.75 Å². The van der Waals surface area contributed by atoms with Crippen molar-refractivity contribution >= 4 is 32.1 Å². The van der Waals surface area contributed by atoms with Gasteiger partial charge in [0.2, 0.25) is 0 Å². The molecule has 1 saturated carbocycles. The van der Waals surface area contributed by atoms with Gasteiger partial charge in [0.15, 0.2) is 9.84 Å². The first-order valence-corrected chi connectivity index (χ1v) is 11.0. The number of aliphatic carboxylic acids is 1. The summed E-state index contributed by atoms with van der Waals surface area (Å²) >= 11 is 0. The molecule has 0 heterocycles. The molecule has 1 fully saturated rings. The maximum atomic E-state index is 13.3. The standard InChI is InChI=1S/C22H23NO6S/c1-28-13-20(22(24)25)19-6-4-3-5-16(19)14-30(26,27)21(15-7-8-15)23-17-9-11-18(29-2)12-10-17/h3-6,9-13,15H,7-8,14H2,1-2H3,(H,24,25). The third-order valence-corrected chi connectivity index (χ3v) is 6.43. The first-order chi connectivity index (χ1) is 14.4. The highest BCUT2D eigenvalue weighted by molar-refractivity contribution is 8.05. The van der Waals surface area contributed by atoms with E-state index in [2.05, 4.69) is 4.99 Å². The lowest BCUT2D eigenvalue weighted by Crippen LogP contribution is -2.20. The molecule has 2 aromatic rings. The molecule has 8 heteroatoms. The largest absolute Gasteiger partial charge is 0.503 e. The Balaban J connectivity index is 1.98. The average molecular weight is 429 g/mol. The van der Waals surface area contributed by atoms with Crippen LogP contribution in [0, 0.1) is 5.92 Å². The van der Waals surface area contributed by atoms with Crippen LogP contribution in [0.25, 0.3) is 5.57 Å². The van der Waals surface area contributed by atoms with Crippen molar-refractivity contribution in [3.05, 3.63) is 65.9 Å². The molecule has 0 spiro atoms. The highest BCUT2D eigenvalue weighted by Crippen LogP contribution is 2.36. The second-order valence-electron chi connectivity index (χ2n) is 6.91. The summed E-state index contributed by atoms with van der Waals surface area (Å²) in [7, 11) is -0.868. The van der Waals surface area contributed by atoms with Gasteiger partial charge in [-0.25, -0.2) is 18.2 Å². The van der Waals surface area contributed by atoms with E-state index < -0.39 is 15.8 Å². The minimum atomic E-state index is -3.76. The number of sulfone groups is 1. The van der Waals surface area contributed by atoms with Crippen LogP contribution in [0.5, 0.6) is 5.75 Å². The maximum absolute atomic E-state index is 13.3. The number of benzene rings is 2. The van der Waals surface area contributed by atoms with E-state index in [1.165, 1.54) is 7.11 Å². The summed E-state index contributed by atoms with van der Waals surface area (Å²) in [5, 5.41) is 9.63. The Hall–Kier alpha value is -3.13. The van der Waals surface area contributed by atoms with E-state index in [9.17, 15) is 18.3 Å².